The highest BCUT2D eigenvalue weighted by Crippen LogP contribution is 2.21. The molecule has 1 atom stereocenters. The van der Waals surface area contributed by atoms with Crippen molar-refractivity contribution in [2.45, 2.75) is 31.9 Å². The van der Waals surface area contributed by atoms with Crippen molar-refractivity contribution in [2.75, 3.05) is 26.2 Å². The monoisotopic (exact) mass is 341 g/mol. The fourth-order valence-electron chi connectivity index (χ4n) is 3.29. The zero-order valence-electron chi connectivity index (χ0n) is 13.3. The smallest absolute Gasteiger partial charge is 0.333 e. The SMILES string of the molecule is O=C(NCC1CCN(C2CCNC2=O)CC1)c1ccn(C(F)F)n1. The fourth-order valence-corrected chi connectivity index (χ4v) is 3.29. The zero-order chi connectivity index (χ0) is 17.1. The summed E-state index contributed by atoms with van der Waals surface area (Å²) in [5.41, 5.74) is -0.00429. The third-order valence-corrected chi connectivity index (χ3v) is 4.70. The van der Waals surface area contributed by atoms with Crippen molar-refractivity contribution in [1.29, 1.82) is 0 Å². The molecule has 3 rings (SSSR count). The van der Waals surface area contributed by atoms with Gasteiger partial charge in [-0.3, -0.25) is 14.5 Å². The predicted octanol–water partition coefficient (Wildman–Crippen LogP) is 0.609. The molecule has 9 heteroatoms. The van der Waals surface area contributed by atoms with Crippen molar-refractivity contribution in [2.24, 2.45) is 5.92 Å². The van der Waals surface area contributed by atoms with E-state index >= 15 is 0 Å². The zero-order valence-corrected chi connectivity index (χ0v) is 13.3. The Bertz CT molecular complexity index is 598. The summed E-state index contributed by atoms with van der Waals surface area (Å²) >= 11 is 0. The van der Waals surface area contributed by atoms with Gasteiger partial charge in [0.05, 0.1) is 6.04 Å². The number of carbonyl (C=O) groups excluding carboxylic acids is 2. The highest BCUT2D eigenvalue weighted by atomic mass is 19.3. The van der Waals surface area contributed by atoms with Crippen LogP contribution in [0.5, 0.6) is 0 Å². The summed E-state index contributed by atoms with van der Waals surface area (Å²) in [6.07, 6.45) is 3.74. The standard InChI is InChI=1S/C15H21F2N5O2/c16-15(17)22-8-4-11(20-22)13(23)19-9-10-2-6-21(7-3-10)12-1-5-18-14(12)24/h4,8,10,12,15H,1-3,5-7,9H2,(H,18,24)(H,19,23). The van der Waals surface area contributed by atoms with Gasteiger partial charge in [-0.25, -0.2) is 4.68 Å². The fraction of sp³-hybridized carbons (Fsp3) is 0.667. The van der Waals surface area contributed by atoms with Crippen LogP contribution in [0.4, 0.5) is 8.78 Å². The van der Waals surface area contributed by atoms with Crippen molar-refractivity contribution < 1.29 is 18.4 Å². The normalized spacial score (nSPS) is 22.8. The quantitative estimate of drug-likeness (QED) is 0.822. The number of piperidine rings is 1. The van der Waals surface area contributed by atoms with Gasteiger partial charge in [-0.05, 0) is 44.3 Å². The van der Waals surface area contributed by atoms with Crippen molar-refractivity contribution >= 4 is 11.8 Å². The Labute approximate surface area is 138 Å². The molecule has 132 valence electrons. The lowest BCUT2D eigenvalue weighted by atomic mass is 9.95. The van der Waals surface area contributed by atoms with Gasteiger partial charge in [0.1, 0.15) is 5.69 Å². The van der Waals surface area contributed by atoms with Crippen molar-refractivity contribution in [3.63, 3.8) is 0 Å². The average Bonchev–Trinajstić information content (AvgIpc) is 3.22. The van der Waals surface area contributed by atoms with Crippen molar-refractivity contribution in [3.8, 4) is 0 Å². The maximum Gasteiger partial charge on any atom is 0.333 e. The van der Waals surface area contributed by atoms with E-state index in [0.717, 1.165) is 45.1 Å². The molecule has 2 N–H and O–H groups in total. The molecule has 3 heterocycles. The third kappa shape index (κ3) is 3.72. The van der Waals surface area contributed by atoms with Gasteiger partial charge in [0.2, 0.25) is 5.91 Å². The Hall–Kier alpha value is -2.03. The number of nitrogens with zero attached hydrogens (tertiary/aromatic N) is 3. The van der Waals surface area contributed by atoms with Crippen LogP contribution < -0.4 is 10.6 Å². The van der Waals surface area contributed by atoms with E-state index in [0.29, 0.717) is 17.1 Å². The lowest BCUT2D eigenvalue weighted by Gasteiger charge is -2.34. The predicted molar refractivity (Wildman–Crippen MR) is 81.5 cm³/mol. The maximum absolute atomic E-state index is 12.4. The van der Waals surface area contributed by atoms with E-state index in [9.17, 15) is 18.4 Å². The highest BCUT2D eigenvalue weighted by Gasteiger charge is 2.32. The summed E-state index contributed by atoms with van der Waals surface area (Å²) in [6.45, 7) is 0.149. The summed E-state index contributed by atoms with van der Waals surface area (Å²) in [5, 5.41) is 9.15. The van der Waals surface area contributed by atoms with E-state index in [4.69, 9.17) is 0 Å². The van der Waals surface area contributed by atoms with Crippen LogP contribution in [0.15, 0.2) is 12.3 Å². The summed E-state index contributed by atoms with van der Waals surface area (Å²) in [7, 11) is 0. The second-order valence-electron chi connectivity index (χ2n) is 6.24. The Morgan fingerprint density at radius 3 is 2.71 bits per heavy atom. The summed E-state index contributed by atoms with van der Waals surface area (Å²) in [6, 6.07) is 1.27. The van der Waals surface area contributed by atoms with E-state index in [2.05, 4.69) is 20.6 Å². The molecule has 7 nitrogen and oxygen atoms in total. The summed E-state index contributed by atoms with van der Waals surface area (Å²) < 4.78 is 25.4. The molecule has 24 heavy (non-hydrogen) atoms. The number of nitrogens with one attached hydrogen (secondary N) is 2. The van der Waals surface area contributed by atoms with E-state index < -0.39 is 12.5 Å². The largest absolute Gasteiger partial charge is 0.355 e. The lowest BCUT2D eigenvalue weighted by Crippen LogP contribution is -2.46. The molecule has 0 spiro atoms. The number of likely N-dealkylation sites (tertiary alicyclic amines) is 1. The van der Waals surface area contributed by atoms with Crippen LogP contribution in [-0.4, -0.2) is 58.7 Å². The summed E-state index contributed by atoms with van der Waals surface area (Å²) in [5.74, 6) is -0.00443. The third-order valence-electron chi connectivity index (χ3n) is 4.70. The molecule has 0 aromatic carbocycles. The number of carbonyl (C=O) groups is 2. The number of rotatable bonds is 5. The second kappa shape index (κ2) is 7.25. The van der Waals surface area contributed by atoms with Gasteiger partial charge >= 0.3 is 6.55 Å². The molecule has 2 amide bonds. The van der Waals surface area contributed by atoms with Crippen LogP contribution in [0.2, 0.25) is 0 Å². The van der Waals surface area contributed by atoms with Crippen molar-refractivity contribution in [3.05, 3.63) is 18.0 Å². The number of halogens is 2. The molecule has 1 unspecified atom stereocenters. The van der Waals surface area contributed by atoms with Crippen LogP contribution in [0.3, 0.4) is 0 Å². The number of alkyl halides is 2. The van der Waals surface area contributed by atoms with E-state index in [-0.39, 0.29) is 17.6 Å². The highest BCUT2D eigenvalue weighted by molar-refractivity contribution is 5.92. The Balaban J connectivity index is 1.43. The first kappa shape index (κ1) is 16.8. The molecule has 1 aromatic heterocycles. The number of hydrogen-bond donors (Lipinski definition) is 2. The van der Waals surface area contributed by atoms with Crippen LogP contribution in [0.1, 0.15) is 36.3 Å². The lowest BCUT2D eigenvalue weighted by molar-refractivity contribution is -0.124. The van der Waals surface area contributed by atoms with E-state index in [1.54, 1.807) is 0 Å². The molecule has 0 aliphatic carbocycles. The molecule has 2 saturated heterocycles. The van der Waals surface area contributed by atoms with Crippen LogP contribution in [0.25, 0.3) is 0 Å². The van der Waals surface area contributed by atoms with Gasteiger partial charge in [-0.15, -0.1) is 0 Å². The Morgan fingerprint density at radius 1 is 1.38 bits per heavy atom. The molecular formula is C15H21F2N5O2. The van der Waals surface area contributed by atoms with Crippen LogP contribution in [-0.2, 0) is 4.79 Å². The van der Waals surface area contributed by atoms with Crippen LogP contribution in [0, 0.1) is 5.92 Å². The molecule has 0 saturated carbocycles. The number of aromatic nitrogens is 2. The summed E-state index contributed by atoms with van der Waals surface area (Å²) in [4.78, 5) is 25.8. The van der Waals surface area contributed by atoms with Gasteiger partial charge in [0.15, 0.2) is 0 Å². The minimum atomic E-state index is -2.75. The second-order valence-corrected chi connectivity index (χ2v) is 6.24. The first-order valence-electron chi connectivity index (χ1n) is 8.18. The van der Waals surface area contributed by atoms with Gasteiger partial charge in [0.25, 0.3) is 5.91 Å². The molecule has 2 aliphatic heterocycles. The van der Waals surface area contributed by atoms with Gasteiger partial charge < -0.3 is 10.6 Å². The molecular weight excluding hydrogens is 320 g/mol. The van der Waals surface area contributed by atoms with Crippen molar-refractivity contribution in [1.82, 2.24) is 25.3 Å². The van der Waals surface area contributed by atoms with Gasteiger partial charge in [-0.2, -0.15) is 13.9 Å². The number of amides is 2. The van der Waals surface area contributed by atoms with E-state index in [1.165, 1.54) is 6.07 Å². The molecule has 0 radical (unpaired) electrons. The van der Waals surface area contributed by atoms with Crippen LogP contribution >= 0.6 is 0 Å². The van der Waals surface area contributed by atoms with E-state index in [1.807, 2.05) is 0 Å². The molecule has 2 aliphatic rings. The molecule has 2 fully saturated rings. The Morgan fingerprint density at radius 2 is 2.12 bits per heavy atom. The average molecular weight is 341 g/mol. The Kier molecular flexibility index (Phi) is 5.08. The molecule has 1 aromatic rings. The van der Waals surface area contributed by atoms with Gasteiger partial charge in [-0.1, -0.05) is 0 Å². The van der Waals surface area contributed by atoms with Gasteiger partial charge in [0, 0.05) is 19.3 Å². The maximum atomic E-state index is 12.4. The molecule has 0 bridgehead atoms. The topological polar surface area (TPSA) is 79.3 Å². The first-order chi connectivity index (χ1) is 11.5. The number of hydrogen-bond acceptors (Lipinski definition) is 4. The minimum absolute atomic E-state index is 0.00429. The minimum Gasteiger partial charge on any atom is -0.355 e. The first-order valence-corrected chi connectivity index (χ1v) is 8.18.